The quantitative estimate of drug-likeness (QED) is 0.710. The third-order valence-electron chi connectivity index (χ3n) is 3.56. The monoisotopic (exact) mass is 239 g/mol. The highest BCUT2D eigenvalue weighted by atomic mass is 16.3. The Morgan fingerprint density at radius 2 is 2.33 bits per heavy atom. The molecule has 1 N–H and O–H groups in total. The summed E-state index contributed by atoms with van der Waals surface area (Å²) in [7, 11) is 2.02. The summed E-state index contributed by atoms with van der Waals surface area (Å²) >= 11 is 0. The Morgan fingerprint density at radius 1 is 1.39 bits per heavy atom. The average molecular weight is 239 g/mol. The molecule has 4 nitrogen and oxygen atoms in total. The molecule has 2 aromatic heterocycles. The van der Waals surface area contributed by atoms with Crippen molar-refractivity contribution < 1.29 is 4.42 Å². The molecule has 0 saturated carbocycles. The van der Waals surface area contributed by atoms with Crippen LogP contribution < -0.4 is 5.32 Å². The standard InChI is InChI=1S/C14H13N3O/c1-17-12-8-10-9(4-5-15-10)7-11(12)16-14(17)13-3-2-6-18-13/h2-3,6-8,15H,4-5H2,1H3. The fraction of sp³-hybridized carbons (Fsp3) is 0.214. The van der Waals surface area contributed by atoms with Crippen LogP contribution in [0.3, 0.4) is 0 Å². The number of nitrogens with one attached hydrogen (secondary N) is 1. The number of benzene rings is 1. The van der Waals surface area contributed by atoms with Gasteiger partial charge in [-0.15, -0.1) is 0 Å². The van der Waals surface area contributed by atoms with Crippen LogP contribution in [0.4, 0.5) is 5.69 Å². The lowest BCUT2D eigenvalue weighted by molar-refractivity contribution is 0.574. The van der Waals surface area contributed by atoms with Gasteiger partial charge in [0.25, 0.3) is 0 Å². The number of hydrogen-bond donors (Lipinski definition) is 1. The maximum Gasteiger partial charge on any atom is 0.176 e. The van der Waals surface area contributed by atoms with E-state index in [1.165, 1.54) is 11.3 Å². The van der Waals surface area contributed by atoms with E-state index in [0.717, 1.165) is 35.6 Å². The largest absolute Gasteiger partial charge is 0.461 e. The lowest BCUT2D eigenvalue weighted by Crippen LogP contribution is -1.93. The minimum absolute atomic E-state index is 0.807. The molecule has 0 unspecified atom stereocenters. The number of nitrogens with zero attached hydrogens (tertiary/aromatic N) is 2. The van der Waals surface area contributed by atoms with Crippen LogP contribution in [-0.2, 0) is 13.5 Å². The van der Waals surface area contributed by atoms with Crippen molar-refractivity contribution in [3.8, 4) is 11.6 Å². The van der Waals surface area contributed by atoms with E-state index < -0.39 is 0 Å². The Labute approximate surface area is 104 Å². The molecule has 4 rings (SSSR count). The van der Waals surface area contributed by atoms with Crippen molar-refractivity contribution in [3.05, 3.63) is 36.1 Å². The number of hydrogen-bond acceptors (Lipinski definition) is 3. The van der Waals surface area contributed by atoms with E-state index in [2.05, 4.69) is 27.0 Å². The molecular formula is C14H13N3O. The summed E-state index contributed by atoms with van der Waals surface area (Å²) in [5, 5.41) is 3.40. The third-order valence-corrected chi connectivity index (χ3v) is 3.56. The van der Waals surface area contributed by atoms with Crippen molar-refractivity contribution in [2.45, 2.75) is 6.42 Å². The molecule has 90 valence electrons. The smallest absolute Gasteiger partial charge is 0.176 e. The van der Waals surface area contributed by atoms with Crippen LogP contribution in [-0.4, -0.2) is 16.1 Å². The number of rotatable bonds is 1. The van der Waals surface area contributed by atoms with E-state index in [-0.39, 0.29) is 0 Å². The van der Waals surface area contributed by atoms with Crippen LogP contribution >= 0.6 is 0 Å². The molecule has 0 radical (unpaired) electrons. The second-order valence-electron chi connectivity index (χ2n) is 4.65. The Kier molecular flexibility index (Phi) is 1.84. The highest BCUT2D eigenvalue weighted by Crippen LogP contribution is 2.30. The van der Waals surface area contributed by atoms with Gasteiger partial charge in [0.15, 0.2) is 11.6 Å². The van der Waals surface area contributed by atoms with Crippen molar-refractivity contribution in [1.29, 1.82) is 0 Å². The Balaban J connectivity index is 2.00. The molecule has 0 bridgehead atoms. The van der Waals surface area contributed by atoms with Crippen LogP contribution in [0.5, 0.6) is 0 Å². The second-order valence-corrected chi connectivity index (χ2v) is 4.65. The molecule has 1 aromatic carbocycles. The molecule has 0 aliphatic carbocycles. The highest BCUT2D eigenvalue weighted by Gasteiger charge is 2.16. The zero-order valence-corrected chi connectivity index (χ0v) is 10.1. The Bertz CT molecular complexity index is 725. The van der Waals surface area contributed by atoms with Gasteiger partial charge in [0.05, 0.1) is 17.3 Å². The van der Waals surface area contributed by atoms with Gasteiger partial charge in [-0.1, -0.05) is 0 Å². The van der Waals surface area contributed by atoms with Gasteiger partial charge in [0, 0.05) is 19.3 Å². The lowest BCUT2D eigenvalue weighted by Gasteiger charge is -2.01. The molecular weight excluding hydrogens is 226 g/mol. The van der Waals surface area contributed by atoms with Gasteiger partial charge in [-0.25, -0.2) is 4.98 Å². The average Bonchev–Trinajstić information content (AvgIpc) is 3.07. The molecule has 0 atom stereocenters. The lowest BCUT2D eigenvalue weighted by atomic mass is 10.1. The van der Waals surface area contributed by atoms with Gasteiger partial charge < -0.3 is 14.3 Å². The molecule has 0 saturated heterocycles. The molecule has 18 heavy (non-hydrogen) atoms. The van der Waals surface area contributed by atoms with Gasteiger partial charge in [0.1, 0.15) is 0 Å². The van der Waals surface area contributed by atoms with Crippen molar-refractivity contribution in [3.63, 3.8) is 0 Å². The van der Waals surface area contributed by atoms with E-state index >= 15 is 0 Å². The van der Waals surface area contributed by atoms with Gasteiger partial charge in [0.2, 0.25) is 0 Å². The fourth-order valence-corrected chi connectivity index (χ4v) is 2.61. The number of furan rings is 1. The predicted molar refractivity (Wildman–Crippen MR) is 70.6 cm³/mol. The first-order valence-electron chi connectivity index (χ1n) is 6.10. The molecule has 3 heterocycles. The van der Waals surface area contributed by atoms with Crippen LogP contribution in [0.15, 0.2) is 34.9 Å². The molecule has 0 fully saturated rings. The van der Waals surface area contributed by atoms with E-state index in [9.17, 15) is 0 Å². The van der Waals surface area contributed by atoms with Crippen LogP contribution in [0.1, 0.15) is 5.56 Å². The van der Waals surface area contributed by atoms with Gasteiger partial charge in [-0.3, -0.25) is 0 Å². The molecule has 0 amide bonds. The van der Waals surface area contributed by atoms with Gasteiger partial charge >= 0.3 is 0 Å². The number of imidazole rings is 1. The summed E-state index contributed by atoms with van der Waals surface area (Å²) in [4.78, 5) is 4.67. The van der Waals surface area contributed by atoms with E-state index in [0.29, 0.717) is 0 Å². The Morgan fingerprint density at radius 3 is 3.17 bits per heavy atom. The normalized spacial score (nSPS) is 13.8. The zero-order chi connectivity index (χ0) is 12.1. The molecule has 1 aliphatic heterocycles. The predicted octanol–water partition coefficient (Wildman–Crippen LogP) is 2.80. The van der Waals surface area contributed by atoms with Gasteiger partial charge in [-0.2, -0.15) is 0 Å². The van der Waals surface area contributed by atoms with E-state index in [1.54, 1.807) is 6.26 Å². The summed E-state index contributed by atoms with van der Waals surface area (Å²) in [6.07, 6.45) is 2.76. The van der Waals surface area contributed by atoms with Crippen LogP contribution in [0.25, 0.3) is 22.6 Å². The molecule has 0 spiro atoms. The number of anilines is 1. The minimum Gasteiger partial charge on any atom is -0.461 e. The van der Waals surface area contributed by atoms with E-state index in [4.69, 9.17) is 4.42 Å². The third kappa shape index (κ3) is 1.23. The number of aryl methyl sites for hydroxylation is 1. The second kappa shape index (κ2) is 3.38. The summed E-state index contributed by atoms with van der Waals surface area (Å²) in [6, 6.07) is 8.18. The summed E-state index contributed by atoms with van der Waals surface area (Å²) in [5.74, 6) is 1.68. The maximum atomic E-state index is 5.43. The first kappa shape index (κ1) is 9.76. The van der Waals surface area contributed by atoms with Crippen molar-refractivity contribution >= 4 is 16.7 Å². The van der Waals surface area contributed by atoms with Crippen molar-refractivity contribution in [1.82, 2.24) is 9.55 Å². The SMILES string of the molecule is Cn1c(-c2ccco2)nc2cc3c(cc21)NCC3. The first-order chi connectivity index (χ1) is 8.83. The molecule has 1 aliphatic rings. The summed E-state index contributed by atoms with van der Waals surface area (Å²) in [5.41, 5.74) is 4.75. The summed E-state index contributed by atoms with van der Waals surface area (Å²) in [6.45, 7) is 1.02. The molecule has 3 aromatic rings. The van der Waals surface area contributed by atoms with Crippen molar-refractivity contribution in [2.75, 3.05) is 11.9 Å². The highest BCUT2D eigenvalue weighted by molar-refractivity contribution is 5.85. The van der Waals surface area contributed by atoms with Gasteiger partial charge in [-0.05, 0) is 36.2 Å². The van der Waals surface area contributed by atoms with Crippen LogP contribution in [0, 0.1) is 0 Å². The van der Waals surface area contributed by atoms with E-state index in [1.807, 2.05) is 19.2 Å². The fourth-order valence-electron chi connectivity index (χ4n) is 2.61. The topological polar surface area (TPSA) is 43.0 Å². The molecule has 4 heteroatoms. The first-order valence-corrected chi connectivity index (χ1v) is 6.10. The maximum absolute atomic E-state index is 5.43. The van der Waals surface area contributed by atoms with Crippen LogP contribution in [0.2, 0.25) is 0 Å². The zero-order valence-electron chi connectivity index (χ0n) is 10.1. The van der Waals surface area contributed by atoms with Crippen molar-refractivity contribution in [2.24, 2.45) is 7.05 Å². The Hall–Kier alpha value is -2.23. The number of aromatic nitrogens is 2. The summed E-state index contributed by atoms with van der Waals surface area (Å²) < 4.78 is 7.51. The number of fused-ring (bicyclic) bond motifs is 2. The minimum atomic E-state index is 0.807.